The SMILES string of the molecule is Cc1ccc(N=C2S/C(=C/c3ccc(OCc4ccc(Cl)cc4Cl)cc3)C(=O)N2C)cc1. The summed E-state index contributed by atoms with van der Waals surface area (Å²) in [6.07, 6.45) is 1.86. The number of hydrogen-bond donors (Lipinski definition) is 0. The highest BCUT2D eigenvalue weighted by Crippen LogP contribution is 2.33. The summed E-state index contributed by atoms with van der Waals surface area (Å²) in [4.78, 5) is 19.5. The lowest BCUT2D eigenvalue weighted by Gasteiger charge is -2.08. The molecule has 0 bridgehead atoms. The molecule has 1 heterocycles. The molecule has 0 unspecified atom stereocenters. The number of aliphatic imine (C=N–C) groups is 1. The van der Waals surface area contributed by atoms with Gasteiger partial charge in [-0.15, -0.1) is 0 Å². The number of likely N-dealkylation sites (N-methyl/N-ethyl adjacent to an activating group) is 1. The average molecular weight is 483 g/mol. The minimum atomic E-state index is -0.0708. The molecule has 1 fully saturated rings. The van der Waals surface area contributed by atoms with E-state index in [0.717, 1.165) is 16.8 Å². The number of carbonyl (C=O) groups is 1. The fourth-order valence-electron chi connectivity index (χ4n) is 2.99. The van der Waals surface area contributed by atoms with Crippen LogP contribution in [0.15, 0.2) is 76.6 Å². The number of halogens is 2. The molecule has 7 heteroatoms. The maximum absolute atomic E-state index is 12.7. The molecule has 0 radical (unpaired) electrons. The maximum Gasteiger partial charge on any atom is 0.266 e. The van der Waals surface area contributed by atoms with Crippen molar-refractivity contribution >= 4 is 57.8 Å². The summed E-state index contributed by atoms with van der Waals surface area (Å²) in [5.74, 6) is 0.640. The van der Waals surface area contributed by atoms with Gasteiger partial charge in [0.25, 0.3) is 5.91 Å². The standard InChI is InChI=1S/C25H20Cl2N2O2S/c1-16-3-9-20(10-4-16)28-25-29(2)24(30)23(32-25)13-17-5-11-21(12-6-17)31-15-18-7-8-19(26)14-22(18)27/h3-14H,15H2,1-2H3/b23-13+,28-25?. The van der Waals surface area contributed by atoms with E-state index in [1.54, 1.807) is 24.1 Å². The number of aryl methyl sites for hydroxylation is 1. The quantitative estimate of drug-likeness (QED) is 0.363. The molecule has 3 aromatic rings. The third-order valence-electron chi connectivity index (χ3n) is 4.85. The Morgan fingerprint density at radius 2 is 1.75 bits per heavy atom. The zero-order valence-electron chi connectivity index (χ0n) is 17.5. The zero-order valence-corrected chi connectivity index (χ0v) is 19.8. The van der Waals surface area contributed by atoms with Gasteiger partial charge in [0.05, 0.1) is 10.6 Å². The summed E-state index contributed by atoms with van der Waals surface area (Å²) in [6, 6.07) is 20.8. The molecule has 4 nitrogen and oxygen atoms in total. The lowest BCUT2D eigenvalue weighted by molar-refractivity contribution is -0.121. The number of amides is 1. The Kier molecular flexibility index (Phi) is 6.89. The highest BCUT2D eigenvalue weighted by atomic mass is 35.5. The summed E-state index contributed by atoms with van der Waals surface area (Å²) in [7, 11) is 1.74. The number of benzene rings is 3. The van der Waals surface area contributed by atoms with Gasteiger partial charge in [0.2, 0.25) is 0 Å². The molecule has 3 aromatic carbocycles. The van der Waals surface area contributed by atoms with Crippen molar-refractivity contribution in [1.29, 1.82) is 0 Å². The van der Waals surface area contributed by atoms with Crippen LogP contribution in [0.25, 0.3) is 6.08 Å². The van der Waals surface area contributed by atoms with E-state index in [4.69, 9.17) is 27.9 Å². The number of nitrogens with zero attached hydrogens (tertiary/aromatic N) is 2. The van der Waals surface area contributed by atoms with Gasteiger partial charge >= 0.3 is 0 Å². The van der Waals surface area contributed by atoms with Gasteiger partial charge < -0.3 is 4.74 Å². The zero-order chi connectivity index (χ0) is 22.7. The van der Waals surface area contributed by atoms with Crippen LogP contribution in [0.2, 0.25) is 10.0 Å². The third kappa shape index (κ3) is 5.36. The fourth-order valence-corrected chi connectivity index (χ4v) is 4.44. The van der Waals surface area contributed by atoms with E-state index in [2.05, 4.69) is 4.99 Å². The molecule has 0 aliphatic carbocycles. The molecule has 1 aliphatic rings. The summed E-state index contributed by atoms with van der Waals surface area (Å²) in [5, 5.41) is 1.82. The highest BCUT2D eigenvalue weighted by Gasteiger charge is 2.30. The molecule has 1 aliphatic heterocycles. The van der Waals surface area contributed by atoms with Crippen molar-refractivity contribution in [2.45, 2.75) is 13.5 Å². The second-order valence-corrected chi connectivity index (χ2v) is 9.15. The predicted octanol–water partition coefficient (Wildman–Crippen LogP) is 7.11. The van der Waals surface area contributed by atoms with E-state index in [1.807, 2.05) is 67.6 Å². The first-order chi connectivity index (χ1) is 15.4. The van der Waals surface area contributed by atoms with Gasteiger partial charge in [0.15, 0.2) is 5.17 Å². The van der Waals surface area contributed by atoms with E-state index in [9.17, 15) is 4.79 Å². The van der Waals surface area contributed by atoms with Crippen LogP contribution in [0.4, 0.5) is 5.69 Å². The Labute approximate surface area is 201 Å². The van der Waals surface area contributed by atoms with Crippen LogP contribution >= 0.6 is 35.0 Å². The van der Waals surface area contributed by atoms with Crippen LogP contribution in [-0.2, 0) is 11.4 Å². The number of ether oxygens (including phenoxy) is 1. The van der Waals surface area contributed by atoms with Crippen LogP contribution in [0.5, 0.6) is 5.75 Å². The predicted molar refractivity (Wildman–Crippen MR) is 134 cm³/mol. The van der Waals surface area contributed by atoms with Crippen LogP contribution in [0, 0.1) is 6.92 Å². The van der Waals surface area contributed by atoms with E-state index in [-0.39, 0.29) is 5.91 Å². The van der Waals surface area contributed by atoms with Gasteiger partial charge in [0.1, 0.15) is 12.4 Å². The number of thioether (sulfide) groups is 1. The Bertz CT molecular complexity index is 1210. The first kappa shape index (κ1) is 22.5. The molecule has 162 valence electrons. The van der Waals surface area contributed by atoms with Crippen LogP contribution in [0.3, 0.4) is 0 Å². The molecule has 0 atom stereocenters. The maximum atomic E-state index is 12.7. The van der Waals surface area contributed by atoms with E-state index in [0.29, 0.717) is 32.5 Å². The van der Waals surface area contributed by atoms with Crippen molar-refractivity contribution in [2.75, 3.05) is 7.05 Å². The molecule has 32 heavy (non-hydrogen) atoms. The molecule has 0 saturated carbocycles. The molecule has 0 aromatic heterocycles. The molecular formula is C25H20Cl2N2O2S. The smallest absolute Gasteiger partial charge is 0.266 e. The topological polar surface area (TPSA) is 41.9 Å². The van der Waals surface area contributed by atoms with Crippen LogP contribution in [-0.4, -0.2) is 23.0 Å². The number of carbonyl (C=O) groups excluding carboxylic acids is 1. The highest BCUT2D eigenvalue weighted by molar-refractivity contribution is 8.18. The molecule has 0 spiro atoms. The Hall–Kier alpha value is -2.73. The Balaban J connectivity index is 1.44. The van der Waals surface area contributed by atoms with Gasteiger partial charge in [-0.25, -0.2) is 4.99 Å². The van der Waals surface area contributed by atoms with Gasteiger partial charge in [-0.1, -0.05) is 59.1 Å². The molecule has 1 amide bonds. The number of rotatable bonds is 5. The van der Waals surface area contributed by atoms with E-state index >= 15 is 0 Å². The van der Waals surface area contributed by atoms with Crippen molar-refractivity contribution in [3.63, 3.8) is 0 Å². The van der Waals surface area contributed by atoms with Crippen molar-refractivity contribution in [3.05, 3.63) is 98.4 Å². The Morgan fingerprint density at radius 3 is 2.44 bits per heavy atom. The lowest BCUT2D eigenvalue weighted by atomic mass is 10.2. The summed E-state index contributed by atoms with van der Waals surface area (Å²) in [5.41, 5.74) is 3.75. The fraction of sp³-hybridized carbons (Fsp3) is 0.120. The second kappa shape index (κ2) is 9.82. The number of amidine groups is 1. The van der Waals surface area contributed by atoms with Crippen molar-refractivity contribution in [3.8, 4) is 5.75 Å². The lowest BCUT2D eigenvalue weighted by Crippen LogP contribution is -2.23. The van der Waals surface area contributed by atoms with Crippen LogP contribution in [0.1, 0.15) is 16.7 Å². The van der Waals surface area contributed by atoms with Gasteiger partial charge in [-0.05, 0) is 66.7 Å². The first-order valence-corrected chi connectivity index (χ1v) is 11.5. The van der Waals surface area contributed by atoms with E-state index < -0.39 is 0 Å². The molecular weight excluding hydrogens is 463 g/mol. The average Bonchev–Trinajstić information content (AvgIpc) is 3.03. The monoisotopic (exact) mass is 482 g/mol. The second-order valence-electron chi connectivity index (χ2n) is 7.30. The first-order valence-electron chi connectivity index (χ1n) is 9.89. The van der Waals surface area contributed by atoms with Crippen LogP contribution < -0.4 is 4.74 Å². The van der Waals surface area contributed by atoms with Gasteiger partial charge in [-0.3, -0.25) is 9.69 Å². The minimum absolute atomic E-state index is 0.0708. The van der Waals surface area contributed by atoms with Crippen molar-refractivity contribution in [1.82, 2.24) is 4.90 Å². The normalized spacial score (nSPS) is 16.2. The van der Waals surface area contributed by atoms with Gasteiger partial charge in [0, 0.05) is 22.7 Å². The molecule has 1 saturated heterocycles. The van der Waals surface area contributed by atoms with Crippen molar-refractivity contribution in [2.24, 2.45) is 4.99 Å². The minimum Gasteiger partial charge on any atom is -0.489 e. The molecule has 4 rings (SSSR count). The summed E-state index contributed by atoms with van der Waals surface area (Å²) < 4.78 is 5.82. The molecule has 0 N–H and O–H groups in total. The van der Waals surface area contributed by atoms with Gasteiger partial charge in [-0.2, -0.15) is 0 Å². The Morgan fingerprint density at radius 1 is 1.03 bits per heavy atom. The van der Waals surface area contributed by atoms with E-state index in [1.165, 1.54) is 17.3 Å². The summed E-state index contributed by atoms with van der Waals surface area (Å²) >= 11 is 13.5. The summed E-state index contributed by atoms with van der Waals surface area (Å²) in [6.45, 7) is 2.37. The largest absolute Gasteiger partial charge is 0.489 e. The third-order valence-corrected chi connectivity index (χ3v) is 6.50. The number of hydrogen-bond acceptors (Lipinski definition) is 4. The van der Waals surface area contributed by atoms with Crippen molar-refractivity contribution < 1.29 is 9.53 Å².